The summed E-state index contributed by atoms with van der Waals surface area (Å²) in [6.07, 6.45) is 5.02. The predicted molar refractivity (Wildman–Crippen MR) is 103 cm³/mol. The number of fused-ring (bicyclic) bond motifs is 1. The summed E-state index contributed by atoms with van der Waals surface area (Å²) in [6.45, 7) is 0.696. The zero-order valence-corrected chi connectivity index (χ0v) is 14.6. The molecular formula is C21H17N5O. The molecule has 2 heterocycles. The SMILES string of the molecule is N#Cc1ccc(Nc2ncc(C(=O)N3CCCc4ccccc43)cn2)cc1. The van der Waals surface area contributed by atoms with Gasteiger partial charge in [-0.05, 0) is 48.7 Å². The van der Waals surface area contributed by atoms with Crippen LogP contribution in [0.1, 0.15) is 27.9 Å². The molecule has 1 aliphatic rings. The molecule has 0 fully saturated rings. The average Bonchev–Trinajstić information content (AvgIpc) is 2.74. The van der Waals surface area contributed by atoms with Crippen molar-refractivity contribution < 1.29 is 4.79 Å². The number of carbonyl (C=O) groups is 1. The fourth-order valence-corrected chi connectivity index (χ4v) is 3.16. The molecule has 0 atom stereocenters. The number of benzene rings is 2. The first-order valence-electron chi connectivity index (χ1n) is 8.73. The maximum atomic E-state index is 12.9. The highest BCUT2D eigenvalue weighted by molar-refractivity contribution is 6.06. The number of hydrogen-bond acceptors (Lipinski definition) is 5. The molecule has 6 heteroatoms. The van der Waals surface area contributed by atoms with Crippen molar-refractivity contribution in [1.82, 2.24) is 9.97 Å². The van der Waals surface area contributed by atoms with Gasteiger partial charge in [0.05, 0.1) is 17.2 Å². The summed E-state index contributed by atoms with van der Waals surface area (Å²) < 4.78 is 0. The summed E-state index contributed by atoms with van der Waals surface area (Å²) in [7, 11) is 0. The molecule has 1 aliphatic heterocycles. The van der Waals surface area contributed by atoms with E-state index in [1.807, 2.05) is 18.2 Å². The summed E-state index contributed by atoms with van der Waals surface area (Å²) in [6, 6.07) is 17.1. The molecule has 1 amide bonds. The van der Waals surface area contributed by atoms with Crippen LogP contribution in [0.4, 0.5) is 17.3 Å². The van der Waals surface area contributed by atoms with Gasteiger partial charge in [-0.15, -0.1) is 0 Å². The fourth-order valence-electron chi connectivity index (χ4n) is 3.16. The Balaban J connectivity index is 1.50. The van der Waals surface area contributed by atoms with Gasteiger partial charge in [-0.3, -0.25) is 4.79 Å². The van der Waals surface area contributed by atoms with Crippen LogP contribution in [0.15, 0.2) is 60.9 Å². The molecule has 132 valence electrons. The Morgan fingerprint density at radius 2 is 1.81 bits per heavy atom. The van der Waals surface area contributed by atoms with Crippen molar-refractivity contribution in [2.45, 2.75) is 12.8 Å². The summed E-state index contributed by atoms with van der Waals surface area (Å²) in [5, 5.41) is 11.9. The minimum Gasteiger partial charge on any atom is -0.324 e. The quantitative estimate of drug-likeness (QED) is 0.775. The van der Waals surface area contributed by atoms with E-state index in [0.29, 0.717) is 23.6 Å². The number of anilines is 3. The maximum Gasteiger partial charge on any atom is 0.261 e. The van der Waals surface area contributed by atoms with Crippen LogP contribution in [-0.4, -0.2) is 22.4 Å². The molecule has 0 bridgehead atoms. The third kappa shape index (κ3) is 3.48. The van der Waals surface area contributed by atoms with Crippen LogP contribution in [0, 0.1) is 11.3 Å². The van der Waals surface area contributed by atoms with E-state index in [4.69, 9.17) is 5.26 Å². The number of nitrogens with zero attached hydrogens (tertiary/aromatic N) is 4. The van der Waals surface area contributed by atoms with E-state index in [1.165, 1.54) is 5.56 Å². The molecule has 0 unspecified atom stereocenters. The first-order chi connectivity index (χ1) is 13.2. The zero-order valence-electron chi connectivity index (χ0n) is 14.6. The van der Waals surface area contributed by atoms with Crippen LogP contribution in [0.25, 0.3) is 0 Å². The highest BCUT2D eigenvalue weighted by Gasteiger charge is 2.23. The van der Waals surface area contributed by atoms with E-state index in [1.54, 1.807) is 41.6 Å². The van der Waals surface area contributed by atoms with Crippen molar-refractivity contribution in [3.05, 3.63) is 77.6 Å². The molecule has 1 N–H and O–H groups in total. The fraction of sp³-hybridized carbons (Fsp3) is 0.143. The number of carbonyl (C=O) groups excluding carboxylic acids is 1. The lowest BCUT2D eigenvalue weighted by Crippen LogP contribution is -2.35. The minimum atomic E-state index is -0.0907. The second-order valence-corrected chi connectivity index (χ2v) is 6.30. The van der Waals surface area contributed by atoms with E-state index in [9.17, 15) is 4.79 Å². The molecule has 6 nitrogen and oxygen atoms in total. The van der Waals surface area contributed by atoms with Gasteiger partial charge in [0.25, 0.3) is 5.91 Å². The lowest BCUT2D eigenvalue weighted by Gasteiger charge is -2.29. The molecular weight excluding hydrogens is 338 g/mol. The van der Waals surface area contributed by atoms with Gasteiger partial charge in [0.15, 0.2) is 0 Å². The summed E-state index contributed by atoms with van der Waals surface area (Å²) in [4.78, 5) is 23.2. The Morgan fingerprint density at radius 3 is 2.56 bits per heavy atom. The monoisotopic (exact) mass is 355 g/mol. The minimum absolute atomic E-state index is 0.0907. The largest absolute Gasteiger partial charge is 0.324 e. The number of hydrogen-bond donors (Lipinski definition) is 1. The van der Waals surface area contributed by atoms with Gasteiger partial charge in [-0.1, -0.05) is 18.2 Å². The number of nitriles is 1. The lowest BCUT2D eigenvalue weighted by atomic mass is 10.0. The van der Waals surface area contributed by atoms with Gasteiger partial charge in [-0.25, -0.2) is 9.97 Å². The summed E-state index contributed by atoms with van der Waals surface area (Å²) in [5.41, 5.74) is 3.98. The molecule has 0 spiro atoms. The first kappa shape index (κ1) is 16.7. The van der Waals surface area contributed by atoms with Gasteiger partial charge in [-0.2, -0.15) is 5.26 Å². The number of amides is 1. The second-order valence-electron chi connectivity index (χ2n) is 6.30. The highest BCUT2D eigenvalue weighted by Crippen LogP contribution is 2.28. The van der Waals surface area contributed by atoms with Gasteiger partial charge >= 0.3 is 0 Å². The highest BCUT2D eigenvalue weighted by atomic mass is 16.2. The summed E-state index contributed by atoms with van der Waals surface area (Å²) in [5.74, 6) is 0.308. The van der Waals surface area contributed by atoms with E-state index in [0.717, 1.165) is 24.2 Å². The van der Waals surface area contributed by atoms with Crippen LogP contribution in [-0.2, 0) is 6.42 Å². The number of aryl methyl sites for hydroxylation is 1. The molecule has 2 aromatic carbocycles. The normalized spacial score (nSPS) is 12.8. The van der Waals surface area contributed by atoms with Gasteiger partial charge < -0.3 is 10.2 Å². The van der Waals surface area contributed by atoms with Crippen molar-refractivity contribution in [2.24, 2.45) is 0 Å². The van der Waals surface area contributed by atoms with Crippen LogP contribution in [0.3, 0.4) is 0 Å². The Bertz CT molecular complexity index is 1010. The predicted octanol–water partition coefficient (Wildman–Crippen LogP) is 3.68. The van der Waals surface area contributed by atoms with E-state index in [-0.39, 0.29) is 5.91 Å². The lowest BCUT2D eigenvalue weighted by molar-refractivity contribution is 0.0984. The number of rotatable bonds is 3. The topological polar surface area (TPSA) is 81.9 Å². The van der Waals surface area contributed by atoms with Gasteiger partial charge in [0, 0.05) is 30.3 Å². The van der Waals surface area contributed by atoms with Crippen LogP contribution in [0.5, 0.6) is 0 Å². The van der Waals surface area contributed by atoms with Crippen molar-refractivity contribution in [3.63, 3.8) is 0 Å². The first-order valence-corrected chi connectivity index (χ1v) is 8.73. The zero-order chi connectivity index (χ0) is 18.6. The van der Waals surface area contributed by atoms with E-state index in [2.05, 4.69) is 27.4 Å². The molecule has 0 saturated carbocycles. The van der Waals surface area contributed by atoms with Gasteiger partial charge in [0.1, 0.15) is 0 Å². The molecule has 0 saturated heterocycles. The third-order valence-electron chi connectivity index (χ3n) is 4.52. The van der Waals surface area contributed by atoms with Gasteiger partial charge in [0.2, 0.25) is 5.95 Å². The Morgan fingerprint density at radius 1 is 1.07 bits per heavy atom. The molecule has 0 radical (unpaired) electrons. The van der Waals surface area contributed by atoms with Crippen LogP contribution < -0.4 is 10.2 Å². The third-order valence-corrected chi connectivity index (χ3v) is 4.52. The Hall–Kier alpha value is -3.72. The second kappa shape index (κ2) is 7.26. The standard InChI is InChI=1S/C21H17N5O/c22-12-15-7-9-18(10-8-15)25-21-23-13-17(14-24-21)20(27)26-11-3-5-16-4-1-2-6-19(16)26/h1-2,4,6-10,13-14H,3,5,11H2,(H,23,24,25). The smallest absolute Gasteiger partial charge is 0.261 e. The van der Waals surface area contributed by atoms with Crippen molar-refractivity contribution in [2.75, 3.05) is 16.8 Å². The average molecular weight is 355 g/mol. The number of aromatic nitrogens is 2. The summed E-state index contributed by atoms with van der Waals surface area (Å²) >= 11 is 0. The van der Waals surface area contributed by atoms with Crippen molar-refractivity contribution in [3.8, 4) is 6.07 Å². The molecule has 1 aromatic heterocycles. The van der Waals surface area contributed by atoms with E-state index >= 15 is 0 Å². The Labute approximate surface area is 157 Å². The van der Waals surface area contributed by atoms with E-state index < -0.39 is 0 Å². The molecule has 4 rings (SSSR count). The number of para-hydroxylation sites is 1. The molecule has 3 aromatic rings. The maximum absolute atomic E-state index is 12.9. The molecule has 27 heavy (non-hydrogen) atoms. The van der Waals surface area contributed by atoms with Crippen molar-refractivity contribution in [1.29, 1.82) is 5.26 Å². The number of nitrogens with one attached hydrogen (secondary N) is 1. The Kier molecular flexibility index (Phi) is 4.50. The van der Waals surface area contributed by atoms with Crippen molar-refractivity contribution >= 4 is 23.2 Å². The van der Waals surface area contributed by atoms with Crippen LogP contribution in [0.2, 0.25) is 0 Å². The molecule has 0 aliphatic carbocycles. The van der Waals surface area contributed by atoms with Crippen LogP contribution >= 0.6 is 0 Å².